The van der Waals surface area contributed by atoms with Crippen LogP contribution >= 0.6 is 11.8 Å². The maximum absolute atomic E-state index is 12.8. The number of amidine groups is 1. The minimum atomic E-state index is -0.477. The molecule has 1 heterocycles. The van der Waals surface area contributed by atoms with Gasteiger partial charge in [0.1, 0.15) is 12.6 Å². The number of carbonyl (C=O) groups is 1. The molecule has 0 aliphatic carbocycles. The molecular formula is C25H30N2O4S. The van der Waals surface area contributed by atoms with Crippen LogP contribution in [0.3, 0.4) is 0 Å². The molecule has 0 spiro atoms. The summed E-state index contributed by atoms with van der Waals surface area (Å²) in [6, 6.07) is 15.2. The van der Waals surface area contributed by atoms with Gasteiger partial charge in [0.05, 0.1) is 18.8 Å². The Labute approximate surface area is 194 Å². The number of hydrogen-bond donors (Lipinski definition) is 0. The SMILES string of the molecule is CCOC(=O)C1=C(C)N(C)C(SC)=N[C@@H]1c1ccc(OCc2ccccc2)c(OCC)c1. The summed E-state index contributed by atoms with van der Waals surface area (Å²) in [6.07, 6.45) is 1.97. The summed E-state index contributed by atoms with van der Waals surface area (Å²) in [4.78, 5) is 19.6. The molecule has 1 atom stereocenters. The minimum Gasteiger partial charge on any atom is -0.490 e. The number of thioether (sulfide) groups is 1. The van der Waals surface area contributed by atoms with Gasteiger partial charge < -0.3 is 19.1 Å². The Morgan fingerprint density at radius 2 is 1.81 bits per heavy atom. The quantitative estimate of drug-likeness (QED) is 0.511. The van der Waals surface area contributed by atoms with Crippen molar-refractivity contribution in [1.29, 1.82) is 0 Å². The number of nitrogens with zero attached hydrogens (tertiary/aromatic N) is 2. The number of carbonyl (C=O) groups excluding carboxylic acids is 1. The van der Waals surface area contributed by atoms with Crippen molar-refractivity contribution in [2.45, 2.75) is 33.4 Å². The Bertz CT molecular complexity index is 1000. The molecule has 2 aromatic carbocycles. The third kappa shape index (κ3) is 5.27. The first-order chi connectivity index (χ1) is 15.5. The normalized spacial score (nSPS) is 16.0. The number of allylic oxidation sites excluding steroid dienone is 1. The zero-order valence-electron chi connectivity index (χ0n) is 19.3. The average Bonchev–Trinajstić information content (AvgIpc) is 2.80. The van der Waals surface area contributed by atoms with Crippen molar-refractivity contribution in [2.75, 3.05) is 26.5 Å². The Balaban J connectivity index is 1.97. The van der Waals surface area contributed by atoms with Crippen molar-refractivity contribution in [2.24, 2.45) is 4.99 Å². The summed E-state index contributed by atoms with van der Waals surface area (Å²) in [5, 5.41) is 0.836. The fourth-order valence-corrected chi connectivity index (χ4v) is 4.12. The summed E-state index contributed by atoms with van der Waals surface area (Å²) in [7, 11) is 1.91. The standard InChI is InChI=1S/C25H30N2O4S/c1-6-29-21-15-19(13-14-20(21)31-16-18-11-9-8-10-12-18)23-22(24(28)30-7-2)17(3)27(4)25(26-23)32-5/h8-15,23H,6-7,16H2,1-5H3/t23-/m1/s1. The largest absolute Gasteiger partial charge is 0.490 e. The van der Waals surface area contributed by atoms with Gasteiger partial charge >= 0.3 is 5.97 Å². The van der Waals surface area contributed by atoms with Crippen LogP contribution in [-0.4, -0.2) is 42.6 Å². The van der Waals surface area contributed by atoms with Crippen LogP contribution in [0.25, 0.3) is 0 Å². The van der Waals surface area contributed by atoms with Crippen molar-refractivity contribution < 1.29 is 19.0 Å². The zero-order valence-corrected chi connectivity index (χ0v) is 20.1. The van der Waals surface area contributed by atoms with Crippen LogP contribution in [0.1, 0.15) is 37.9 Å². The highest BCUT2D eigenvalue weighted by atomic mass is 32.2. The van der Waals surface area contributed by atoms with Gasteiger partial charge in [-0.05, 0) is 50.3 Å². The predicted molar refractivity (Wildman–Crippen MR) is 129 cm³/mol. The topological polar surface area (TPSA) is 60.4 Å². The van der Waals surface area contributed by atoms with E-state index >= 15 is 0 Å². The molecule has 170 valence electrons. The molecule has 1 aliphatic rings. The molecule has 1 aliphatic heterocycles. The number of benzene rings is 2. The van der Waals surface area contributed by atoms with Crippen molar-refractivity contribution in [3.05, 3.63) is 70.9 Å². The summed E-state index contributed by atoms with van der Waals surface area (Å²) in [6.45, 7) is 6.90. The van der Waals surface area contributed by atoms with Gasteiger partial charge in [0.25, 0.3) is 0 Å². The molecule has 0 radical (unpaired) electrons. The van der Waals surface area contributed by atoms with E-state index in [1.165, 1.54) is 0 Å². The molecule has 0 saturated carbocycles. The first-order valence-corrected chi connectivity index (χ1v) is 11.9. The lowest BCUT2D eigenvalue weighted by atomic mass is 9.96. The summed E-state index contributed by atoms with van der Waals surface area (Å²) in [5.74, 6) is 0.926. The van der Waals surface area contributed by atoms with E-state index < -0.39 is 6.04 Å². The fourth-order valence-electron chi connectivity index (χ4n) is 3.50. The number of rotatable bonds is 8. The van der Waals surface area contributed by atoms with Gasteiger partial charge in [-0.1, -0.05) is 48.2 Å². The molecular weight excluding hydrogens is 424 g/mol. The highest BCUT2D eigenvalue weighted by molar-refractivity contribution is 8.13. The van der Waals surface area contributed by atoms with Gasteiger partial charge in [0.2, 0.25) is 0 Å². The van der Waals surface area contributed by atoms with Gasteiger partial charge in [0.15, 0.2) is 16.7 Å². The summed E-state index contributed by atoms with van der Waals surface area (Å²) < 4.78 is 17.3. The van der Waals surface area contributed by atoms with E-state index in [9.17, 15) is 4.79 Å². The van der Waals surface area contributed by atoms with E-state index in [-0.39, 0.29) is 5.97 Å². The van der Waals surface area contributed by atoms with E-state index in [2.05, 4.69) is 0 Å². The molecule has 0 unspecified atom stereocenters. The van der Waals surface area contributed by atoms with E-state index in [1.807, 2.05) is 80.6 Å². The molecule has 6 nitrogen and oxygen atoms in total. The second-order valence-corrected chi connectivity index (χ2v) is 7.98. The number of esters is 1. The van der Waals surface area contributed by atoms with Crippen molar-refractivity contribution >= 4 is 22.9 Å². The summed E-state index contributed by atoms with van der Waals surface area (Å²) >= 11 is 1.54. The molecule has 0 N–H and O–H groups in total. The number of ether oxygens (including phenoxy) is 3. The molecule has 0 aromatic heterocycles. The van der Waals surface area contributed by atoms with Crippen molar-refractivity contribution in [1.82, 2.24) is 4.90 Å². The lowest BCUT2D eigenvalue weighted by Gasteiger charge is -2.31. The maximum Gasteiger partial charge on any atom is 0.338 e. The number of aliphatic imine (C=N–C) groups is 1. The van der Waals surface area contributed by atoms with Crippen LogP contribution in [0.4, 0.5) is 0 Å². The van der Waals surface area contributed by atoms with Crippen molar-refractivity contribution in [3.63, 3.8) is 0 Å². The lowest BCUT2D eigenvalue weighted by Crippen LogP contribution is -2.32. The van der Waals surface area contributed by atoms with Gasteiger partial charge in [-0.25, -0.2) is 9.79 Å². The zero-order chi connectivity index (χ0) is 23.1. The second-order valence-electron chi connectivity index (χ2n) is 7.21. The van der Waals surface area contributed by atoms with Crippen LogP contribution in [0.15, 0.2) is 64.8 Å². The van der Waals surface area contributed by atoms with Crippen molar-refractivity contribution in [3.8, 4) is 11.5 Å². The molecule has 0 saturated heterocycles. The molecule has 3 rings (SSSR count). The fraction of sp³-hybridized carbons (Fsp3) is 0.360. The third-order valence-corrected chi connectivity index (χ3v) is 5.94. The third-order valence-electron chi connectivity index (χ3n) is 5.19. The summed E-state index contributed by atoms with van der Waals surface area (Å²) in [5.41, 5.74) is 3.29. The molecule has 32 heavy (non-hydrogen) atoms. The highest BCUT2D eigenvalue weighted by Gasteiger charge is 2.33. The molecule has 7 heteroatoms. The smallest absolute Gasteiger partial charge is 0.338 e. The molecule has 0 amide bonds. The van der Waals surface area contributed by atoms with Crippen LogP contribution < -0.4 is 9.47 Å². The Kier molecular flexibility index (Phi) is 8.22. The van der Waals surface area contributed by atoms with Gasteiger partial charge in [0, 0.05) is 12.7 Å². The van der Waals surface area contributed by atoms with Crippen LogP contribution in [0, 0.1) is 0 Å². The molecule has 0 fully saturated rings. The Hall–Kier alpha value is -2.93. The first-order valence-electron chi connectivity index (χ1n) is 10.7. The average molecular weight is 455 g/mol. The monoisotopic (exact) mass is 454 g/mol. The van der Waals surface area contributed by atoms with E-state index in [0.717, 1.165) is 22.0 Å². The van der Waals surface area contributed by atoms with Gasteiger partial charge in [-0.15, -0.1) is 0 Å². The van der Waals surface area contributed by atoms with Gasteiger partial charge in [-0.2, -0.15) is 0 Å². The highest BCUT2D eigenvalue weighted by Crippen LogP contribution is 2.39. The van der Waals surface area contributed by atoms with Crippen LogP contribution in [0.2, 0.25) is 0 Å². The van der Waals surface area contributed by atoms with Crippen LogP contribution in [0.5, 0.6) is 11.5 Å². The number of hydrogen-bond acceptors (Lipinski definition) is 7. The van der Waals surface area contributed by atoms with Gasteiger partial charge in [-0.3, -0.25) is 0 Å². The lowest BCUT2D eigenvalue weighted by molar-refractivity contribution is -0.139. The first kappa shape index (κ1) is 23.7. The maximum atomic E-state index is 12.8. The molecule has 0 bridgehead atoms. The predicted octanol–water partition coefficient (Wildman–Crippen LogP) is 5.21. The second kappa shape index (κ2) is 11.1. The van der Waals surface area contributed by atoms with E-state index in [4.69, 9.17) is 19.2 Å². The Morgan fingerprint density at radius 1 is 1.06 bits per heavy atom. The molecule has 2 aromatic rings. The van der Waals surface area contributed by atoms with Crippen LogP contribution in [-0.2, 0) is 16.1 Å². The Morgan fingerprint density at radius 3 is 2.47 bits per heavy atom. The van der Waals surface area contributed by atoms with E-state index in [0.29, 0.717) is 36.9 Å². The minimum absolute atomic E-state index is 0.307. The van der Waals surface area contributed by atoms with E-state index in [1.54, 1.807) is 18.7 Å².